The molecule has 0 amide bonds. The lowest BCUT2D eigenvalue weighted by molar-refractivity contribution is 0.867. The van der Waals surface area contributed by atoms with Crippen molar-refractivity contribution in [3.8, 4) is 0 Å². The van der Waals surface area contributed by atoms with Gasteiger partial charge in [-0.05, 0) is 30.5 Å². The molecule has 0 bridgehead atoms. The number of rotatable bonds is 4. The molecule has 0 unspecified atom stereocenters. The topological polar surface area (TPSA) is 37.8 Å². The van der Waals surface area contributed by atoms with E-state index in [1.54, 1.807) is 0 Å². The van der Waals surface area contributed by atoms with Gasteiger partial charge in [0, 0.05) is 17.7 Å². The number of benzene rings is 1. The van der Waals surface area contributed by atoms with Crippen LogP contribution in [0.1, 0.15) is 43.6 Å². The van der Waals surface area contributed by atoms with E-state index >= 15 is 0 Å². The lowest BCUT2D eigenvalue weighted by atomic mass is 10.0. The number of nitrogens with one attached hydrogen (secondary N) is 1. The second-order valence-electron chi connectivity index (χ2n) is 5.16. The Morgan fingerprint density at radius 2 is 2.00 bits per heavy atom. The van der Waals surface area contributed by atoms with Gasteiger partial charge in [0.15, 0.2) is 0 Å². The van der Waals surface area contributed by atoms with Crippen molar-refractivity contribution in [2.24, 2.45) is 0 Å². The van der Waals surface area contributed by atoms with Gasteiger partial charge >= 0.3 is 0 Å². The summed E-state index contributed by atoms with van der Waals surface area (Å²) in [6.07, 6.45) is 0.765. The van der Waals surface area contributed by atoms with E-state index in [-0.39, 0.29) is 0 Å². The van der Waals surface area contributed by atoms with Crippen molar-refractivity contribution in [1.29, 1.82) is 0 Å². The summed E-state index contributed by atoms with van der Waals surface area (Å²) in [6.45, 7) is 8.31. The van der Waals surface area contributed by atoms with E-state index in [0.717, 1.165) is 29.3 Å². The van der Waals surface area contributed by atoms with Gasteiger partial charge in [-0.2, -0.15) is 0 Å². The number of anilines is 2. The average Bonchev–Trinajstić information content (AvgIpc) is 2.43. The van der Waals surface area contributed by atoms with Crippen LogP contribution in [0.5, 0.6) is 0 Å². The van der Waals surface area contributed by atoms with E-state index in [2.05, 4.69) is 47.3 Å². The molecule has 0 aliphatic carbocycles. The highest BCUT2D eigenvalue weighted by Gasteiger charge is 2.09. The lowest BCUT2D eigenvalue weighted by Crippen LogP contribution is -2.03. The fourth-order valence-corrected chi connectivity index (χ4v) is 2.11. The Morgan fingerprint density at radius 1 is 1.25 bits per heavy atom. The first-order chi connectivity index (χ1) is 9.51. The van der Waals surface area contributed by atoms with E-state index in [0.29, 0.717) is 11.1 Å². The van der Waals surface area contributed by atoms with Crippen LogP contribution in [0.4, 0.5) is 11.5 Å². The van der Waals surface area contributed by atoms with Crippen molar-refractivity contribution < 1.29 is 0 Å². The van der Waals surface area contributed by atoms with Crippen LogP contribution in [-0.4, -0.2) is 9.97 Å². The zero-order valence-electron chi connectivity index (χ0n) is 12.4. The van der Waals surface area contributed by atoms with Gasteiger partial charge in [-0.15, -0.1) is 0 Å². The minimum atomic E-state index is 0.498. The maximum absolute atomic E-state index is 6.15. The van der Waals surface area contributed by atoms with Gasteiger partial charge in [-0.25, -0.2) is 9.97 Å². The van der Waals surface area contributed by atoms with Crippen molar-refractivity contribution >= 4 is 23.1 Å². The first-order valence-corrected chi connectivity index (χ1v) is 7.29. The van der Waals surface area contributed by atoms with Crippen molar-refractivity contribution in [1.82, 2.24) is 9.97 Å². The predicted molar refractivity (Wildman–Crippen MR) is 85.0 cm³/mol. The third kappa shape index (κ3) is 3.28. The molecule has 0 saturated heterocycles. The SMILES string of the molecule is CCc1nc(Cl)c(C)c(Nc2cccc(C(C)C)c2)n1. The van der Waals surface area contributed by atoms with Crippen LogP contribution < -0.4 is 5.32 Å². The van der Waals surface area contributed by atoms with Gasteiger partial charge in [0.25, 0.3) is 0 Å². The summed E-state index contributed by atoms with van der Waals surface area (Å²) in [6, 6.07) is 8.36. The van der Waals surface area contributed by atoms with Crippen LogP contribution >= 0.6 is 11.6 Å². The summed E-state index contributed by atoms with van der Waals surface area (Å²) in [5.74, 6) is 2.03. The molecule has 2 rings (SSSR count). The van der Waals surface area contributed by atoms with Crippen LogP contribution in [0, 0.1) is 6.92 Å². The lowest BCUT2D eigenvalue weighted by Gasteiger charge is -2.13. The van der Waals surface area contributed by atoms with Gasteiger partial charge in [0.05, 0.1) is 0 Å². The highest BCUT2D eigenvalue weighted by atomic mass is 35.5. The second-order valence-corrected chi connectivity index (χ2v) is 5.52. The minimum Gasteiger partial charge on any atom is -0.340 e. The average molecular weight is 290 g/mol. The van der Waals surface area contributed by atoms with E-state index in [1.807, 2.05) is 19.9 Å². The summed E-state index contributed by atoms with van der Waals surface area (Å²) in [4.78, 5) is 8.77. The molecule has 1 N–H and O–H groups in total. The first-order valence-electron chi connectivity index (χ1n) is 6.91. The van der Waals surface area contributed by atoms with Crippen molar-refractivity contribution in [3.63, 3.8) is 0 Å². The third-order valence-corrected chi connectivity index (χ3v) is 3.63. The Labute approximate surface area is 125 Å². The molecule has 0 saturated carbocycles. The molecule has 0 aliphatic heterocycles. The monoisotopic (exact) mass is 289 g/mol. The summed E-state index contributed by atoms with van der Waals surface area (Å²) in [7, 11) is 0. The highest BCUT2D eigenvalue weighted by molar-refractivity contribution is 6.30. The Balaban J connectivity index is 2.34. The van der Waals surface area contributed by atoms with E-state index in [4.69, 9.17) is 11.6 Å². The first kappa shape index (κ1) is 14.8. The van der Waals surface area contributed by atoms with E-state index < -0.39 is 0 Å². The third-order valence-electron chi connectivity index (χ3n) is 3.26. The van der Waals surface area contributed by atoms with E-state index in [9.17, 15) is 0 Å². The summed E-state index contributed by atoms with van der Waals surface area (Å²) in [5.41, 5.74) is 3.19. The van der Waals surface area contributed by atoms with Crippen molar-refractivity contribution in [3.05, 3.63) is 46.4 Å². The molecule has 0 radical (unpaired) electrons. The van der Waals surface area contributed by atoms with Gasteiger partial charge in [-0.1, -0.05) is 44.5 Å². The molecule has 2 aromatic rings. The number of aryl methyl sites for hydroxylation is 1. The summed E-state index contributed by atoms with van der Waals surface area (Å²) in [5, 5.41) is 3.86. The van der Waals surface area contributed by atoms with Crippen LogP contribution in [-0.2, 0) is 6.42 Å². The fourth-order valence-electron chi connectivity index (χ4n) is 1.92. The Hall–Kier alpha value is -1.61. The highest BCUT2D eigenvalue weighted by Crippen LogP contribution is 2.25. The molecule has 4 heteroatoms. The molecule has 0 fully saturated rings. The number of aromatic nitrogens is 2. The molecule has 0 atom stereocenters. The van der Waals surface area contributed by atoms with Crippen LogP contribution in [0.2, 0.25) is 5.15 Å². The number of halogens is 1. The van der Waals surface area contributed by atoms with Crippen molar-refractivity contribution in [2.75, 3.05) is 5.32 Å². The zero-order valence-corrected chi connectivity index (χ0v) is 13.1. The van der Waals surface area contributed by atoms with Crippen LogP contribution in [0.3, 0.4) is 0 Å². The molecule has 1 aromatic heterocycles. The van der Waals surface area contributed by atoms with Crippen LogP contribution in [0.25, 0.3) is 0 Å². The Bertz CT molecular complexity index is 609. The molecule has 0 aliphatic rings. The maximum atomic E-state index is 6.15. The quantitative estimate of drug-likeness (QED) is 0.816. The normalized spacial score (nSPS) is 10.9. The fraction of sp³-hybridized carbons (Fsp3) is 0.375. The Kier molecular flexibility index (Phi) is 4.61. The molecule has 0 spiro atoms. The summed E-state index contributed by atoms with van der Waals surface area (Å²) >= 11 is 6.15. The molecule has 3 nitrogen and oxygen atoms in total. The second kappa shape index (κ2) is 6.23. The number of hydrogen-bond donors (Lipinski definition) is 1. The van der Waals surface area contributed by atoms with Gasteiger partial charge in [0.1, 0.15) is 16.8 Å². The standard InChI is InChI=1S/C16H20ClN3/c1-5-14-19-15(17)11(4)16(20-14)18-13-8-6-7-12(9-13)10(2)3/h6-10H,5H2,1-4H3,(H,18,19,20). The molecular weight excluding hydrogens is 270 g/mol. The van der Waals surface area contributed by atoms with Gasteiger partial charge in [-0.3, -0.25) is 0 Å². The largest absolute Gasteiger partial charge is 0.340 e. The van der Waals surface area contributed by atoms with Crippen LogP contribution in [0.15, 0.2) is 24.3 Å². The maximum Gasteiger partial charge on any atom is 0.138 e. The zero-order chi connectivity index (χ0) is 14.7. The molecule has 20 heavy (non-hydrogen) atoms. The summed E-state index contributed by atoms with van der Waals surface area (Å²) < 4.78 is 0. The molecular formula is C16H20ClN3. The predicted octanol–water partition coefficient (Wildman–Crippen LogP) is 4.87. The van der Waals surface area contributed by atoms with Gasteiger partial charge < -0.3 is 5.32 Å². The Morgan fingerprint density at radius 3 is 2.65 bits per heavy atom. The van der Waals surface area contributed by atoms with Crippen molar-refractivity contribution in [2.45, 2.75) is 40.0 Å². The molecule has 1 heterocycles. The van der Waals surface area contributed by atoms with Gasteiger partial charge in [0.2, 0.25) is 0 Å². The smallest absolute Gasteiger partial charge is 0.138 e. The molecule has 1 aromatic carbocycles. The number of nitrogens with zero attached hydrogens (tertiary/aromatic N) is 2. The van der Waals surface area contributed by atoms with E-state index in [1.165, 1.54) is 5.56 Å². The minimum absolute atomic E-state index is 0.498. The molecule has 106 valence electrons. The number of hydrogen-bond acceptors (Lipinski definition) is 3.